The van der Waals surface area contributed by atoms with Crippen LogP contribution in [-0.4, -0.2) is 43.8 Å². The first kappa shape index (κ1) is 17.8. The number of carbonyl (C=O) groups excluding carboxylic acids is 1. The number of thiophene rings is 1. The van der Waals surface area contributed by atoms with Crippen molar-refractivity contribution < 1.29 is 19.0 Å². The minimum absolute atomic E-state index is 0.0600. The molecule has 5 rings (SSSR count). The lowest BCUT2D eigenvalue weighted by molar-refractivity contribution is 0.0223. The molecule has 1 aromatic carbocycles. The Labute approximate surface area is 168 Å². The fraction of sp³-hybridized carbons (Fsp3) is 0.409. The van der Waals surface area contributed by atoms with Crippen LogP contribution in [0.2, 0.25) is 0 Å². The van der Waals surface area contributed by atoms with E-state index >= 15 is 0 Å². The summed E-state index contributed by atoms with van der Waals surface area (Å²) in [6.45, 7) is 1.88. The SMILES string of the molecule is COc1ccc2c3c1O[C@H]1CC(OC(=O)c4cccs4)C=C[C@@]31CCN(C)C2. The van der Waals surface area contributed by atoms with Crippen LogP contribution in [0.1, 0.15) is 33.6 Å². The van der Waals surface area contributed by atoms with Gasteiger partial charge in [0.1, 0.15) is 17.1 Å². The number of nitrogens with zero attached hydrogens (tertiary/aromatic N) is 1. The summed E-state index contributed by atoms with van der Waals surface area (Å²) in [4.78, 5) is 15.4. The van der Waals surface area contributed by atoms with E-state index in [9.17, 15) is 4.79 Å². The Kier molecular flexibility index (Phi) is 4.21. The molecule has 1 aromatic heterocycles. The third-order valence-corrected chi connectivity index (χ3v) is 6.96. The van der Waals surface area contributed by atoms with Crippen LogP contribution in [0, 0.1) is 0 Å². The molecule has 0 amide bonds. The summed E-state index contributed by atoms with van der Waals surface area (Å²) >= 11 is 1.40. The molecular weight excluding hydrogens is 374 g/mol. The van der Waals surface area contributed by atoms with Crippen LogP contribution in [0.5, 0.6) is 11.5 Å². The highest BCUT2D eigenvalue weighted by atomic mass is 32.1. The van der Waals surface area contributed by atoms with E-state index in [1.54, 1.807) is 13.2 Å². The summed E-state index contributed by atoms with van der Waals surface area (Å²) in [6.07, 6.45) is 5.55. The van der Waals surface area contributed by atoms with E-state index in [1.165, 1.54) is 22.5 Å². The average Bonchev–Trinajstić information content (AvgIpc) is 3.30. The van der Waals surface area contributed by atoms with E-state index in [2.05, 4.69) is 30.2 Å². The Balaban J connectivity index is 1.50. The number of hydrogen-bond acceptors (Lipinski definition) is 6. The van der Waals surface area contributed by atoms with E-state index in [-0.39, 0.29) is 23.6 Å². The highest BCUT2D eigenvalue weighted by molar-refractivity contribution is 7.11. The van der Waals surface area contributed by atoms with Crippen molar-refractivity contribution in [2.75, 3.05) is 20.7 Å². The molecule has 1 spiro atoms. The second kappa shape index (κ2) is 6.64. The van der Waals surface area contributed by atoms with E-state index in [0.29, 0.717) is 11.3 Å². The van der Waals surface area contributed by atoms with Gasteiger partial charge in [0.25, 0.3) is 0 Å². The van der Waals surface area contributed by atoms with Gasteiger partial charge in [-0.05, 0) is 49.2 Å². The molecule has 1 aliphatic carbocycles. The van der Waals surface area contributed by atoms with Crippen molar-refractivity contribution in [3.63, 3.8) is 0 Å². The van der Waals surface area contributed by atoms with Crippen molar-refractivity contribution in [3.8, 4) is 11.5 Å². The summed E-state index contributed by atoms with van der Waals surface area (Å²) in [6, 6.07) is 7.81. The Morgan fingerprint density at radius 3 is 3.04 bits per heavy atom. The summed E-state index contributed by atoms with van der Waals surface area (Å²) in [7, 11) is 3.84. The van der Waals surface area contributed by atoms with Gasteiger partial charge in [0.05, 0.1) is 12.5 Å². The number of ether oxygens (including phenoxy) is 3. The fourth-order valence-electron chi connectivity index (χ4n) is 4.74. The molecule has 0 bridgehead atoms. The van der Waals surface area contributed by atoms with Crippen LogP contribution in [0.15, 0.2) is 41.8 Å². The van der Waals surface area contributed by atoms with Crippen molar-refractivity contribution >= 4 is 17.3 Å². The second-order valence-electron chi connectivity index (χ2n) is 7.78. The minimum Gasteiger partial charge on any atom is -0.493 e. The molecule has 1 unspecified atom stereocenters. The molecule has 0 fully saturated rings. The quantitative estimate of drug-likeness (QED) is 0.583. The van der Waals surface area contributed by atoms with Crippen LogP contribution in [0.3, 0.4) is 0 Å². The molecule has 146 valence electrons. The van der Waals surface area contributed by atoms with Crippen molar-refractivity contribution in [2.24, 2.45) is 0 Å². The Morgan fingerprint density at radius 1 is 1.36 bits per heavy atom. The number of rotatable bonds is 3. The fourth-order valence-corrected chi connectivity index (χ4v) is 5.35. The lowest BCUT2D eigenvalue weighted by Gasteiger charge is -2.36. The molecule has 0 saturated carbocycles. The number of carbonyl (C=O) groups is 1. The van der Waals surface area contributed by atoms with E-state index < -0.39 is 0 Å². The molecule has 5 nitrogen and oxygen atoms in total. The monoisotopic (exact) mass is 397 g/mol. The summed E-state index contributed by atoms with van der Waals surface area (Å²) in [5.74, 6) is 1.36. The molecule has 0 N–H and O–H groups in total. The highest BCUT2D eigenvalue weighted by Crippen LogP contribution is 2.55. The van der Waals surface area contributed by atoms with Crippen LogP contribution < -0.4 is 9.47 Å². The number of hydrogen-bond donors (Lipinski definition) is 0. The number of benzene rings is 1. The molecule has 6 heteroatoms. The summed E-state index contributed by atoms with van der Waals surface area (Å²) in [5.41, 5.74) is 2.35. The average molecular weight is 397 g/mol. The third kappa shape index (κ3) is 2.66. The van der Waals surface area contributed by atoms with Gasteiger partial charge in [-0.15, -0.1) is 11.3 Å². The third-order valence-electron chi connectivity index (χ3n) is 6.11. The molecule has 3 heterocycles. The maximum absolute atomic E-state index is 12.4. The van der Waals surface area contributed by atoms with Crippen LogP contribution in [0.4, 0.5) is 0 Å². The summed E-state index contributed by atoms with van der Waals surface area (Å²) < 4.78 is 17.8. The van der Waals surface area contributed by atoms with Gasteiger partial charge in [-0.25, -0.2) is 4.79 Å². The van der Waals surface area contributed by atoms with Crippen LogP contribution in [-0.2, 0) is 16.7 Å². The molecule has 3 atom stereocenters. The lowest BCUT2D eigenvalue weighted by atomic mass is 9.69. The largest absolute Gasteiger partial charge is 0.493 e. The van der Waals surface area contributed by atoms with Crippen LogP contribution in [0.25, 0.3) is 0 Å². The predicted octanol–water partition coefficient (Wildman–Crippen LogP) is 3.78. The lowest BCUT2D eigenvalue weighted by Crippen LogP contribution is -2.43. The first-order valence-electron chi connectivity index (χ1n) is 9.60. The Hall–Kier alpha value is -2.31. The van der Waals surface area contributed by atoms with Crippen molar-refractivity contribution in [1.82, 2.24) is 4.90 Å². The van der Waals surface area contributed by atoms with E-state index in [0.717, 1.165) is 31.0 Å². The topological polar surface area (TPSA) is 48.0 Å². The molecule has 28 heavy (non-hydrogen) atoms. The smallest absolute Gasteiger partial charge is 0.348 e. The van der Waals surface area contributed by atoms with Gasteiger partial charge >= 0.3 is 5.97 Å². The van der Waals surface area contributed by atoms with Crippen molar-refractivity contribution in [2.45, 2.75) is 37.0 Å². The molecule has 3 aliphatic rings. The molecule has 2 aliphatic heterocycles. The molecule has 0 saturated heterocycles. The van der Waals surface area contributed by atoms with E-state index in [1.807, 2.05) is 17.5 Å². The normalized spacial score (nSPS) is 28.1. The zero-order valence-electron chi connectivity index (χ0n) is 16.0. The first-order valence-corrected chi connectivity index (χ1v) is 10.5. The second-order valence-corrected chi connectivity index (χ2v) is 8.73. The van der Waals surface area contributed by atoms with Gasteiger partial charge in [0.2, 0.25) is 0 Å². The van der Waals surface area contributed by atoms with Gasteiger partial charge in [0.15, 0.2) is 11.5 Å². The van der Waals surface area contributed by atoms with Crippen molar-refractivity contribution in [3.05, 3.63) is 57.8 Å². The summed E-state index contributed by atoms with van der Waals surface area (Å²) in [5, 5.41) is 1.88. The first-order chi connectivity index (χ1) is 13.6. The minimum atomic E-state index is -0.282. The van der Waals surface area contributed by atoms with Gasteiger partial charge in [-0.2, -0.15) is 0 Å². The van der Waals surface area contributed by atoms with Gasteiger partial charge in [-0.1, -0.05) is 18.2 Å². The standard InChI is InChI=1S/C22H23NO4S/c1-23-10-9-22-8-7-15(26-21(24)17-4-3-11-28-17)12-18(22)27-20-16(25-2)6-5-14(13-23)19(20)22/h3-8,11,15,18H,9-10,12-13H2,1-2H3/t15?,18-,22-/m0/s1. The molecule has 2 aromatic rings. The number of methoxy groups -OCH3 is 1. The van der Waals surface area contributed by atoms with E-state index in [4.69, 9.17) is 14.2 Å². The maximum Gasteiger partial charge on any atom is 0.348 e. The Morgan fingerprint density at radius 2 is 2.25 bits per heavy atom. The predicted molar refractivity (Wildman–Crippen MR) is 107 cm³/mol. The zero-order valence-corrected chi connectivity index (χ0v) is 16.8. The highest BCUT2D eigenvalue weighted by Gasteiger charge is 2.53. The van der Waals surface area contributed by atoms with Gasteiger partial charge < -0.3 is 19.1 Å². The van der Waals surface area contributed by atoms with Crippen molar-refractivity contribution in [1.29, 1.82) is 0 Å². The van der Waals surface area contributed by atoms with Gasteiger partial charge in [0, 0.05) is 18.5 Å². The number of esters is 1. The molecule has 0 radical (unpaired) electrons. The zero-order chi connectivity index (χ0) is 19.3. The Bertz CT molecular complexity index is 938. The molecular formula is C22H23NO4S. The maximum atomic E-state index is 12.4. The van der Waals surface area contributed by atoms with Crippen LogP contribution >= 0.6 is 11.3 Å². The van der Waals surface area contributed by atoms with Gasteiger partial charge in [-0.3, -0.25) is 0 Å².